The summed E-state index contributed by atoms with van der Waals surface area (Å²) >= 11 is 1.09. The lowest BCUT2D eigenvalue weighted by molar-refractivity contribution is -0.122. The van der Waals surface area contributed by atoms with Crippen molar-refractivity contribution in [2.24, 2.45) is 0 Å². The van der Waals surface area contributed by atoms with Gasteiger partial charge in [-0.3, -0.25) is 4.79 Å². The van der Waals surface area contributed by atoms with Crippen LogP contribution >= 0.6 is 11.3 Å². The topological polar surface area (TPSA) is 75.6 Å². The molecule has 110 valence electrons. The summed E-state index contributed by atoms with van der Waals surface area (Å²) in [6.45, 7) is 1.45. The number of rotatable bonds is 5. The number of aromatic carboxylic acids is 1. The Hall–Kier alpha value is -2.41. The maximum atomic E-state index is 13.4. The van der Waals surface area contributed by atoms with Gasteiger partial charge in [0.05, 0.1) is 5.56 Å². The van der Waals surface area contributed by atoms with Crippen LogP contribution in [0.3, 0.4) is 0 Å². The molecule has 2 aromatic rings. The third-order valence-electron chi connectivity index (χ3n) is 2.64. The van der Waals surface area contributed by atoms with Crippen molar-refractivity contribution in [2.45, 2.75) is 13.0 Å². The van der Waals surface area contributed by atoms with E-state index in [9.17, 15) is 14.0 Å². The van der Waals surface area contributed by atoms with Crippen molar-refractivity contribution in [1.29, 1.82) is 0 Å². The first-order valence-corrected chi connectivity index (χ1v) is 6.90. The monoisotopic (exact) mass is 309 g/mol. The van der Waals surface area contributed by atoms with E-state index >= 15 is 0 Å². The summed E-state index contributed by atoms with van der Waals surface area (Å²) in [5, 5.41) is 13.2. The zero-order chi connectivity index (χ0) is 15.4. The average Bonchev–Trinajstić information content (AvgIpc) is 2.89. The number of carbonyl (C=O) groups excluding carboxylic acids is 1. The van der Waals surface area contributed by atoms with Crippen LogP contribution < -0.4 is 10.1 Å². The molecule has 0 aliphatic rings. The standard InChI is InChI=1S/C14H12FNO4S/c1-8(20-11-5-3-2-4-10(11)15)12(17)16-13-9(14(18)19)6-7-21-13/h2-8H,1H3,(H,16,17)(H,18,19). The molecule has 21 heavy (non-hydrogen) atoms. The molecule has 0 saturated carbocycles. The normalized spacial score (nSPS) is 11.7. The van der Waals surface area contributed by atoms with E-state index < -0.39 is 23.8 Å². The number of hydrogen-bond acceptors (Lipinski definition) is 4. The van der Waals surface area contributed by atoms with Gasteiger partial charge in [-0.2, -0.15) is 0 Å². The lowest BCUT2D eigenvalue weighted by Crippen LogP contribution is -2.30. The predicted octanol–water partition coefficient (Wildman–Crippen LogP) is 2.99. The van der Waals surface area contributed by atoms with Crippen LogP contribution in [-0.4, -0.2) is 23.1 Å². The van der Waals surface area contributed by atoms with Crippen LogP contribution in [-0.2, 0) is 4.79 Å². The van der Waals surface area contributed by atoms with Crippen LogP contribution in [0.1, 0.15) is 17.3 Å². The van der Waals surface area contributed by atoms with Gasteiger partial charge in [0.15, 0.2) is 17.7 Å². The number of para-hydroxylation sites is 1. The molecule has 1 aromatic carbocycles. The Morgan fingerprint density at radius 3 is 2.71 bits per heavy atom. The first-order valence-electron chi connectivity index (χ1n) is 6.02. The Labute approximate surface area is 124 Å². The van der Waals surface area contributed by atoms with Crippen LogP contribution in [0, 0.1) is 5.82 Å². The quantitative estimate of drug-likeness (QED) is 0.890. The highest BCUT2D eigenvalue weighted by atomic mass is 32.1. The van der Waals surface area contributed by atoms with Gasteiger partial charge in [-0.05, 0) is 30.5 Å². The molecule has 0 saturated heterocycles. The fourth-order valence-corrected chi connectivity index (χ4v) is 2.35. The molecule has 1 heterocycles. The van der Waals surface area contributed by atoms with E-state index in [0.717, 1.165) is 11.3 Å². The second-order valence-electron chi connectivity index (χ2n) is 4.15. The Bertz CT molecular complexity index is 670. The van der Waals surface area contributed by atoms with Gasteiger partial charge in [0.25, 0.3) is 5.91 Å². The third kappa shape index (κ3) is 3.57. The van der Waals surface area contributed by atoms with Gasteiger partial charge in [-0.15, -0.1) is 11.3 Å². The van der Waals surface area contributed by atoms with E-state index in [1.807, 2.05) is 0 Å². The number of halogens is 1. The van der Waals surface area contributed by atoms with Crippen molar-refractivity contribution in [3.63, 3.8) is 0 Å². The number of nitrogens with one attached hydrogen (secondary N) is 1. The minimum atomic E-state index is -1.13. The number of carboxylic acids is 1. The van der Waals surface area contributed by atoms with Crippen LogP contribution in [0.15, 0.2) is 35.7 Å². The molecular weight excluding hydrogens is 297 g/mol. The number of ether oxygens (including phenoxy) is 1. The summed E-state index contributed by atoms with van der Waals surface area (Å²) < 4.78 is 18.7. The maximum Gasteiger partial charge on any atom is 0.338 e. The summed E-state index contributed by atoms with van der Waals surface area (Å²) in [5.74, 6) is -2.29. The van der Waals surface area contributed by atoms with E-state index in [1.165, 1.54) is 31.2 Å². The van der Waals surface area contributed by atoms with Crippen molar-refractivity contribution in [3.05, 3.63) is 47.1 Å². The highest BCUT2D eigenvalue weighted by Crippen LogP contribution is 2.24. The third-order valence-corrected chi connectivity index (χ3v) is 3.47. The maximum absolute atomic E-state index is 13.4. The number of amides is 1. The molecule has 2 rings (SSSR count). The molecule has 2 N–H and O–H groups in total. The lowest BCUT2D eigenvalue weighted by Gasteiger charge is -2.14. The Morgan fingerprint density at radius 2 is 2.05 bits per heavy atom. The molecule has 1 amide bonds. The van der Waals surface area contributed by atoms with Crippen molar-refractivity contribution >= 4 is 28.2 Å². The van der Waals surface area contributed by atoms with E-state index in [1.54, 1.807) is 11.4 Å². The molecule has 5 nitrogen and oxygen atoms in total. The number of anilines is 1. The van der Waals surface area contributed by atoms with Gasteiger partial charge in [-0.25, -0.2) is 9.18 Å². The van der Waals surface area contributed by atoms with E-state index in [0.29, 0.717) is 0 Å². The molecule has 0 aliphatic carbocycles. The van der Waals surface area contributed by atoms with Crippen molar-refractivity contribution in [1.82, 2.24) is 0 Å². The van der Waals surface area contributed by atoms with E-state index in [-0.39, 0.29) is 16.3 Å². The summed E-state index contributed by atoms with van der Waals surface area (Å²) in [5.41, 5.74) is 0.00596. The zero-order valence-corrected chi connectivity index (χ0v) is 11.8. The van der Waals surface area contributed by atoms with E-state index in [2.05, 4.69) is 5.32 Å². The first-order chi connectivity index (χ1) is 9.99. The van der Waals surface area contributed by atoms with Gasteiger partial charge in [0.2, 0.25) is 0 Å². The number of carbonyl (C=O) groups is 2. The van der Waals surface area contributed by atoms with Gasteiger partial charge >= 0.3 is 5.97 Å². The molecule has 1 atom stereocenters. The van der Waals surface area contributed by atoms with Crippen LogP contribution in [0.4, 0.5) is 9.39 Å². The van der Waals surface area contributed by atoms with Crippen molar-refractivity contribution in [2.75, 3.05) is 5.32 Å². The van der Waals surface area contributed by atoms with Gasteiger partial charge in [0.1, 0.15) is 5.00 Å². The summed E-state index contributed by atoms with van der Waals surface area (Å²) in [7, 11) is 0. The van der Waals surface area contributed by atoms with Crippen LogP contribution in [0.2, 0.25) is 0 Å². The smallest absolute Gasteiger partial charge is 0.338 e. The summed E-state index contributed by atoms with van der Waals surface area (Å²) in [4.78, 5) is 22.9. The molecule has 0 radical (unpaired) electrons. The summed E-state index contributed by atoms with van der Waals surface area (Å²) in [6, 6.07) is 7.13. The highest BCUT2D eigenvalue weighted by Gasteiger charge is 2.20. The molecule has 0 aliphatic heterocycles. The Kier molecular flexibility index (Phi) is 4.54. The number of thiophene rings is 1. The number of benzene rings is 1. The Balaban J connectivity index is 2.05. The predicted molar refractivity (Wildman–Crippen MR) is 76.4 cm³/mol. The van der Waals surface area contributed by atoms with Crippen molar-refractivity contribution in [3.8, 4) is 5.75 Å². The van der Waals surface area contributed by atoms with E-state index in [4.69, 9.17) is 9.84 Å². The minimum absolute atomic E-state index is 0.00596. The molecule has 0 spiro atoms. The van der Waals surface area contributed by atoms with Gasteiger partial charge < -0.3 is 15.2 Å². The second-order valence-corrected chi connectivity index (χ2v) is 5.06. The fraction of sp³-hybridized carbons (Fsp3) is 0.143. The lowest BCUT2D eigenvalue weighted by atomic mass is 10.3. The molecule has 0 fully saturated rings. The zero-order valence-electron chi connectivity index (χ0n) is 11.0. The van der Waals surface area contributed by atoms with Crippen LogP contribution in [0.5, 0.6) is 5.75 Å². The average molecular weight is 309 g/mol. The molecular formula is C14H12FNO4S. The minimum Gasteiger partial charge on any atom is -0.478 e. The summed E-state index contributed by atoms with van der Waals surface area (Å²) in [6.07, 6.45) is -0.967. The molecule has 0 bridgehead atoms. The SMILES string of the molecule is CC(Oc1ccccc1F)C(=O)Nc1sccc1C(=O)O. The largest absolute Gasteiger partial charge is 0.478 e. The number of carboxylic acid groups (broad SMARTS) is 1. The van der Waals surface area contributed by atoms with Gasteiger partial charge in [-0.1, -0.05) is 12.1 Å². The molecule has 1 unspecified atom stereocenters. The second kappa shape index (κ2) is 6.36. The fourth-order valence-electron chi connectivity index (χ4n) is 1.57. The highest BCUT2D eigenvalue weighted by molar-refractivity contribution is 7.14. The van der Waals surface area contributed by atoms with Gasteiger partial charge in [0, 0.05) is 0 Å². The van der Waals surface area contributed by atoms with Crippen LogP contribution in [0.25, 0.3) is 0 Å². The Morgan fingerprint density at radius 1 is 1.33 bits per heavy atom. The van der Waals surface area contributed by atoms with Crippen molar-refractivity contribution < 1.29 is 23.8 Å². The number of hydrogen-bond donors (Lipinski definition) is 2. The molecule has 7 heteroatoms. The molecule has 1 aromatic heterocycles. The first kappa shape index (κ1) is 15.0.